The van der Waals surface area contributed by atoms with Crippen LogP contribution in [0.15, 0.2) is 30.3 Å². The third-order valence-corrected chi connectivity index (χ3v) is 6.59. The highest BCUT2D eigenvalue weighted by molar-refractivity contribution is 5.89. The van der Waals surface area contributed by atoms with Crippen LogP contribution >= 0.6 is 0 Å². The molecule has 31 heavy (non-hydrogen) atoms. The van der Waals surface area contributed by atoms with Crippen LogP contribution in [0.2, 0.25) is 0 Å². The molecule has 0 N–H and O–H groups in total. The van der Waals surface area contributed by atoms with Crippen molar-refractivity contribution in [2.75, 3.05) is 6.61 Å². The minimum Gasteiger partial charge on any atom is -0.432 e. The highest BCUT2D eigenvalue weighted by atomic mass is 16.8. The second kappa shape index (κ2) is 8.79. The molecule has 0 saturated carbocycles. The van der Waals surface area contributed by atoms with Gasteiger partial charge in [0, 0.05) is 17.8 Å². The topological polar surface area (TPSA) is 72.5 Å². The van der Waals surface area contributed by atoms with E-state index in [1.54, 1.807) is 24.3 Å². The van der Waals surface area contributed by atoms with Crippen LogP contribution in [0.4, 0.5) is 0 Å². The second-order valence-electron chi connectivity index (χ2n) is 9.54. The molecule has 1 aromatic carbocycles. The highest BCUT2D eigenvalue weighted by Crippen LogP contribution is 2.41. The van der Waals surface area contributed by atoms with E-state index < -0.39 is 24.3 Å². The van der Waals surface area contributed by atoms with Crippen molar-refractivity contribution in [1.29, 1.82) is 0 Å². The summed E-state index contributed by atoms with van der Waals surface area (Å²) < 4.78 is 36.6. The summed E-state index contributed by atoms with van der Waals surface area (Å²) in [6, 6.07) is 8.93. The number of carbonyl (C=O) groups excluding carboxylic acids is 1. The Morgan fingerprint density at radius 3 is 2.35 bits per heavy atom. The second-order valence-corrected chi connectivity index (χ2v) is 9.54. The summed E-state index contributed by atoms with van der Waals surface area (Å²) in [6.07, 6.45) is -2.02. The number of benzene rings is 1. The Hall–Kier alpha value is -1.51. The molecule has 3 fully saturated rings. The Balaban J connectivity index is 1.47. The molecular weight excluding hydrogens is 400 g/mol. The highest BCUT2D eigenvalue weighted by Gasteiger charge is 2.53. The maximum absolute atomic E-state index is 12.6. The zero-order valence-corrected chi connectivity index (χ0v) is 19.1. The van der Waals surface area contributed by atoms with Gasteiger partial charge in [0.25, 0.3) is 0 Å². The SMILES string of the molecule is CC1O[C@@H](OC(=O)c2ccccc2)C(C)[C@@H](O[C@H]2OC[C@@H](C)[C@@H]3OC(C)(C)OC23)[C@@H]1C. The Labute approximate surface area is 184 Å². The van der Waals surface area contributed by atoms with E-state index in [0.29, 0.717) is 12.2 Å². The summed E-state index contributed by atoms with van der Waals surface area (Å²) in [5.41, 5.74) is 0.494. The van der Waals surface area contributed by atoms with Crippen molar-refractivity contribution in [3.63, 3.8) is 0 Å². The lowest BCUT2D eigenvalue weighted by molar-refractivity contribution is -0.307. The third-order valence-electron chi connectivity index (χ3n) is 6.59. The predicted molar refractivity (Wildman–Crippen MR) is 112 cm³/mol. The first-order chi connectivity index (χ1) is 14.7. The van der Waals surface area contributed by atoms with Gasteiger partial charge in [-0.3, -0.25) is 0 Å². The van der Waals surface area contributed by atoms with E-state index in [4.69, 9.17) is 28.4 Å². The van der Waals surface area contributed by atoms with Crippen LogP contribution in [0.1, 0.15) is 51.9 Å². The van der Waals surface area contributed by atoms with Crippen LogP contribution < -0.4 is 0 Å². The fraction of sp³-hybridized carbons (Fsp3) is 0.708. The molecule has 0 spiro atoms. The lowest BCUT2D eigenvalue weighted by Crippen LogP contribution is -2.55. The zero-order chi connectivity index (χ0) is 22.3. The van der Waals surface area contributed by atoms with Crippen molar-refractivity contribution in [3.8, 4) is 0 Å². The quantitative estimate of drug-likeness (QED) is 0.668. The Bertz CT molecular complexity index is 766. The molecule has 3 unspecified atom stereocenters. The van der Waals surface area contributed by atoms with Gasteiger partial charge in [0.05, 0.1) is 30.5 Å². The van der Waals surface area contributed by atoms with Gasteiger partial charge < -0.3 is 28.4 Å². The van der Waals surface area contributed by atoms with Gasteiger partial charge in [-0.25, -0.2) is 4.79 Å². The third kappa shape index (κ3) is 4.66. The van der Waals surface area contributed by atoms with Gasteiger partial charge in [0.1, 0.15) is 6.10 Å². The van der Waals surface area contributed by atoms with Gasteiger partial charge in [-0.2, -0.15) is 0 Å². The van der Waals surface area contributed by atoms with Crippen molar-refractivity contribution in [3.05, 3.63) is 35.9 Å². The molecule has 3 aliphatic heterocycles. The molecular formula is C24H34O7. The molecule has 0 bridgehead atoms. The van der Waals surface area contributed by atoms with E-state index in [0.717, 1.165) is 0 Å². The molecule has 1 aromatic rings. The normalized spacial score (nSPS) is 42.1. The van der Waals surface area contributed by atoms with Gasteiger partial charge in [-0.15, -0.1) is 0 Å². The molecule has 3 heterocycles. The van der Waals surface area contributed by atoms with E-state index in [1.165, 1.54) is 0 Å². The van der Waals surface area contributed by atoms with Crippen molar-refractivity contribution in [1.82, 2.24) is 0 Å². The van der Waals surface area contributed by atoms with E-state index in [9.17, 15) is 4.79 Å². The van der Waals surface area contributed by atoms with E-state index in [-0.39, 0.29) is 42.2 Å². The molecule has 9 atom stereocenters. The number of fused-ring (bicyclic) bond motifs is 1. The van der Waals surface area contributed by atoms with E-state index >= 15 is 0 Å². The van der Waals surface area contributed by atoms with Gasteiger partial charge >= 0.3 is 5.97 Å². The molecule has 3 saturated heterocycles. The first-order valence-electron chi connectivity index (χ1n) is 11.2. The first-order valence-corrected chi connectivity index (χ1v) is 11.2. The standard InChI is InChI=1S/C24H34O7/c1-13-12-26-23(20-18(13)30-24(5,6)31-20)28-19-14(2)16(4)27-22(15(19)3)29-21(25)17-10-8-7-9-11-17/h7-11,13-16,18-20,22-23H,12H2,1-6H3/t13-,14-,15?,16?,18+,19+,20?,22+,23-/m1/s1. The van der Waals surface area contributed by atoms with Gasteiger partial charge in [0.15, 0.2) is 12.1 Å². The zero-order valence-electron chi connectivity index (χ0n) is 19.1. The molecule has 0 aromatic heterocycles. The number of ether oxygens (including phenoxy) is 6. The minimum atomic E-state index is -0.709. The van der Waals surface area contributed by atoms with Gasteiger partial charge in [0.2, 0.25) is 6.29 Å². The largest absolute Gasteiger partial charge is 0.432 e. The van der Waals surface area contributed by atoms with Crippen LogP contribution in [-0.4, -0.2) is 55.4 Å². The van der Waals surface area contributed by atoms with Crippen LogP contribution in [-0.2, 0) is 28.4 Å². The summed E-state index contributed by atoms with van der Waals surface area (Å²) in [4.78, 5) is 12.6. The summed E-state index contributed by atoms with van der Waals surface area (Å²) in [6.45, 7) is 12.5. The molecule has 172 valence electrons. The number of hydrogen-bond donors (Lipinski definition) is 0. The molecule has 7 heteroatoms. The minimum absolute atomic E-state index is 0.0802. The number of rotatable bonds is 4. The lowest BCUT2D eigenvalue weighted by Gasteiger charge is -2.45. The molecule has 7 nitrogen and oxygen atoms in total. The average molecular weight is 435 g/mol. The van der Waals surface area contributed by atoms with Gasteiger partial charge in [-0.05, 0) is 32.9 Å². The molecule has 3 aliphatic rings. The van der Waals surface area contributed by atoms with Crippen LogP contribution in [0.3, 0.4) is 0 Å². The Kier molecular flexibility index (Phi) is 6.43. The van der Waals surface area contributed by atoms with Crippen molar-refractivity contribution in [2.24, 2.45) is 17.8 Å². The lowest BCUT2D eigenvalue weighted by atomic mass is 9.86. The summed E-state index contributed by atoms with van der Waals surface area (Å²) in [5.74, 6) is -0.967. The Morgan fingerprint density at radius 1 is 0.968 bits per heavy atom. The average Bonchev–Trinajstić information content (AvgIpc) is 3.07. The monoisotopic (exact) mass is 434 g/mol. The van der Waals surface area contributed by atoms with E-state index in [2.05, 4.69) is 13.8 Å². The van der Waals surface area contributed by atoms with Gasteiger partial charge in [-0.1, -0.05) is 39.0 Å². The predicted octanol–water partition coefficient (Wildman–Crippen LogP) is 3.76. The fourth-order valence-electron chi connectivity index (χ4n) is 4.67. The van der Waals surface area contributed by atoms with Crippen molar-refractivity contribution in [2.45, 2.75) is 84.3 Å². The fourth-order valence-corrected chi connectivity index (χ4v) is 4.67. The number of esters is 1. The maximum Gasteiger partial charge on any atom is 0.340 e. The molecule has 4 rings (SSSR count). The maximum atomic E-state index is 12.6. The first kappa shape index (κ1) is 22.7. The van der Waals surface area contributed by atoms with Crippen LogP contribution in [0.25, 0.3) is 0 Å². The number of carbonyl (C=O) groups is 1. The summed E-state index contributed by atoms with van der Waals surface area (Å²) in [5, 5.41) is 0. The van der Waals surface area contributed by atoms with Crippen molar-refractivity contribution < 1.29 is 33.2 Å². The summed E-state index contributed by atoms with van der Waals surface area (Å²) in [7, 11) is 0. The van der Waals surface area contributed by atoms with E-state index in [1.807, 2.05) is 33.8 Å². The van der Waals surface area contributed by atoms with Crippen molar-refractivity contribution >= 4 is 5.97 Å². The molecule has 0 radical (unpaired) electrons. The molecule has 0 aliphatic carbocycles. The summed E-state index contributed by atoms with van der Waals surface area (Å²) >= 11 is 0. The number of hydrogen-bond acceptors (Lipinski definition) is 7. The van der Waals surface area contributed by atoms with Crippen LogP contribution in [0.5, 0.6) is 0 Å². The Morgan fingerprint density at radius 2 is 1.65 bits per heavy atom. The molecule has 0 amide bonds. The smallest absolute Gasteiger partial charge is 0.340 e. The van der Waals surface area contributed by atoms with Crippen LogP contribution in [0, 0.1) is 17.8 Å².